The maximum Gasteiger partial charge on any atom is 0.250 e. The van der Waals surface area contributed by atoms with E-state index in [1.54, 1.807) is 6.07 Å². The minimum atomic E-state index is -0.199. The number of nitrogens with one attached hydrogen (secondary N) is 1. The molecular formula is C17H15ClN4OS. The van der Waals surface area contributed by atoms with E-state index >= 15 is 0 Å². The Hall–Kier alpha value is -2.31. The number of aromatic nitrogens is 2. The van der Waals surface area contributed by atoms with E-state index < -0.39 is 0 Å². The fraction of sp³-hybridized carbons (Fsp3) is 0.118. The van der Waals surface area contributed by atoms with Crippen molar-refractivity contribution in [3.05, 3.63) is 59.1 Å². The number of hydrogen-bond acceptors (Lipinski definition) is 4. The predicted molar refractivity (Wildman–Crippen MR) is 98.6 cm³/mol. The van der Waals surface area contributed by atoms with Gasteiger partial charge in [0.1, 0.15) is 0 Å². The van der Waals surface area contributed by atoms with Crippen molar-refractivity contribution >= 4 is 46.5 Å². The Labute approximate surface area is 148 Å². The van der Waals surface area contributed by atoms with Gasteiger partial charge >= 0.3 is 0 Å². The maximum absolute atomic E-state index is 11.9. The lowest BCUT2D eigenvalue weighted by Crippen LogP contribution is -2.19. The molecule has 3 aromatic rings. The van der Waals surface area contributed by atoms with Crippen LogP contribution in [0.1, 0.15) is 5.56 Å². The summed E-state index contributed by atoms with van der Waals surface area (Å²) in [6.07, 6.45) is 1.53. The van der Waals surface area contributed by atoms with Crippen LogP contribution in [0.2, 0.25) is 5.02 Å². The van der Waals surface area contributed by atoms with Crippen LogP contribution in [-0.4, -0.2) is 27.4 Å². The summed E-state index contributed by atoms with van der Waals surface area (Å²) in [5.74, 6) is 0.0344. The third-order valence-electron chi connectivity index (χ3n) is 3.38. The molecule has 1 aromatic heterocycles. The number of hydrazone groups is 1. The van der Waals surface area contributed by atoms with Crippen LogP contribution in [-0.2, 0) is 11.8 Å². The molecule has 3 rings (SSSR count). The Morgan fingerprint density at radius 2 is 2.04 bits per heavy atom. The zero-order valence-electron chi connectivity index (χ0n) is 12.9. The highest BCUT2D eigenvalue weighted by Gasteiger charge is 2.09. The van der Waals surface area contributed by atoms with Gasteiger partial charge in [-0.3, -0.25) is 4.79 Å². The summed E-state index contributed by atoms with van der Waals surface area (Å²) >= 11 is 7.39. The molecule has 0 saturated heterocycles. The monoisotopic (exact) mass is 358 g/mol. The Kier molecular flexibility index (Phi) is 5.17. The first-order chi connectivity index (χ1) is 11.6. The third kappa shape index (κ3) is 3.77. The molecular weight excluding hydrogens is 344 g/mol. The van der Waals surface area contributed by atoms with Crippen molar-refractivity contribution in [1.29, 1.82) is 0 Å². The van der Waals surface area contributed by atoms with E-state index in [1.165, 1.54) is 18.0 Å². The molecule has 24 heavy (non-hydrogen) atoms. The van der Waals surface area contributed by atoms with Gasteiger partial charge in [0, 0.05) is 17.6 Å². The third-order valence-corrected chi connectivity index (χ3v) is 4.75. The lowest BCUT2D eigenvalue weighted by atomic mass is 10.2. The smallest absolute Gasteiger partial charge is 0.250 e. The van der Waals surface area contributed by atoms with Gasteiger partial charge in [-0.15, -0.1) is 0 Å². The number of halogens is 1. The molecule has 5 nitrogen and oxygen atoms in total. The fourth-order valence-corrected chi connectivity index (χ4v) is 3.13. The largest absolute Gasteiger partial charge is 0.322 e. The number of benzene rings is 2. The van der Waals surface area contributed by atoms with Gasteiger partial charge in [0.05, 0.1) is 23.0 Å². The highest BCUT2D eigenvalue weighted by Crippen LogP contribution is 2.22. The van der Waals surface area contributed by atoms with Gasteiger partial charge in [-0.2, -0.15) is 5.10 Å². The normalized spacial score (nSPS) is 11.2. The summed E-state index contributed by atoms with van der Waals surface area (Å²) < 4.78 is 1.97. The van der Waals surface area contributed by atoms with E-state index in [0.29, 0.717) is 5.02 Å². The Morgan fingerprint density at radius 3 is 2.83 bits per heavy atom. The van der Waals surface area contributed by atoms with E-state index in [2.05, 4.69) is 15.5 Å². The second-order valence-corrected chi connectivity index (χ2v) is 6.40. The fourth-order valence-electron chi connectivity index (χ4n) is 2.17. The summed E-state index contributed by atoms with van der Waals surface area (Å²) in [5, 5.41) is 5.31. The standard InChI is InChI=1S/C17H15ClN4OS/c1-22-15-9-5-4-8-14(15)20-17(22)24-11-16(23)21-19-10-12-6-2-3-7-13(12)18/h2-10H,11H2,1H3,(H,21,23)/b19-10-. The second kappa shape index (κ2) is 7.51. The van der Waals surface area contributed by atoms with E-state index in [4.69, 9.17) is 11.6 Å². The molecule has 122 valence electrons. The van der Waals surface area contributed by atoms with E-state index in [-0.39, 0.29) is 11.7 Å². The predicted octanol–water partition coefficient (Wildman–Crippen LogP) is 3.47. The van der Waals surface area contributed by atoms with Crippen LogP contribution in [0.15, 0.2) is 58.8 Å². The minimum absolute atomic E-state index is 0.199. The summed E-state index contributed by atoms with van der Waals surface area (Å²) in [4.78, 5) is 16.4. The first kappa shape index (κ1) is 16.5. The van der Waals surface area contributed by atoms with Gasteiger partial charge in [-0.25, -0.2) is 10.4 Å². The van der Waals surface area contributed by atoms with Crippen molar-refractivity contribution in [3.63, 3.8) is 0 Å². The molecule has 0 aliphatic carbocycles. The van der Waals surface area contributed by atoms with Crippen LogP contribution in [0.5, 0.6) is 0 Å². The van der Waals surface area contributed by atoms with Gasteiger partial charge in [-0.1, -0.05) is 53.7 Å². The number of carbonyl (C=O) groups is 1. The average Bonchev–Trinajstić information content (AvgIpc) is 2.91. The van der Waals surface area contributed by atoms with Crippen molar-refractivity contribution in [1.82, 2.24) is 15.0 Å². The molecule has 1 N–H and O–H groups in total. The SMILES string of the molecule is Cn1c(SCC(=O)N/N=C\c2ccccc2Cl)nc2ccccc21. The average molecular weight is 359 g/mol. The second-order valence-electron chi connectivity index (χ2n) is 5.05. The summed E-state index contributed by atoms with van der Waals surface area (Å²) in [6, 6.07) is 15.2. The number of aryl methyl sites for hydroxylation is 1. The number of thioether (sulfide) groups is 1. The van der Waals surface area contributed by atoms with Crippen LogP contribution in [0.25, 0.3) is 11.0 Å². The molecule has 0 spiro atoms. The van der Waals surface area contributed by atoms with Crippen molar-refractivity contribution in [3.8, 4) is 0 Å². The van der Waals surface area contributed by atoms with Crippen LogP contribution in [0.4, 0.5) is 0 Å². The van der Waals surface area contributed by atoms with Crippen molar-refractivity contribution < 1.29 is 4.79 Å². The maximum atomic E-state index is 11.9. The Balaban J connectivity index is 1.57. The number of nitrogens with zero attached hydrogens (tertiary/aromatic N) is 3. The quantitative estimate of drug-likeness (QED) is 0.431. The van der Waals surface area contributed by atoms with E-state index in [1.807, 2.05) is 54.1 Å². The van der Waals surface area contributed by atoms with Gasteiger partial charge < -0.3 is 4.57 Å². The van der Waals surface area contributed by atoms with Crippen LogP contribution >= 0.6 is 23.4 Å². The number of imidazole rings is 1. The number of carbonyl (C=O) groups excluding carboxylic acids is 1. The zero-order valence-corrected chi connectivity index (χ0v) is 14.5. The van der Waals surface area contributed by atoms with E-state index in [0.717, 1.165) is 21.8 Å². The van der Waals surface area contributed by atoms with Crippen molar-refractivity contribution in [2.45, 2.75) is 5.16 Å². The lowest BCUT2D eigenvalue weighted by Gasteiger charge is -2.02. The van der Waals surface area contributed by atoms with Gasteiger partial charge in [0.2, 0.25) is 0 Å². The minimum Gasteiger partial charge on any atom is -0.322 e. The summed E-state index contributed by atoms with van der Waals surface area (Å²) in [7, 11) is 1.94. The highest BCUT2D eigenvalue weighted by molar-refractivity contribution is 7.99. The number of amides is 1. The summed E-state index contributed by atoms with van der Waals surface area (Å²) in [6.45, 7) is 0. The molecule has 0 unspecified atom stereocenters. The molecule has 0 saturated carbocycles. The van der Waals surface area contributed by atoms with Gasteiger partial charge in [-0.05, 0) is 18.2 Å². The van der Waals surface area contributed by atoms with Gasteiger partial charge in [0.15, 0.2) is 5.16 Å². The van der Waals surface area contributed by atoms with Crippen molar-refractivity contribution in [2.75, 3.05) is 5.75 Å². The molecule has 7 heteroatoms. The highest BCUT2D eigenvalue weighted by atomic mass is 35.5. The summed E-state index contributed by atoms with van der Waals surface area (Å²) in [5.41, 5.74) is 5.20. The molecule has 0 aliphatic heterocycles. The number of fused-ring (bicyclic) bond motifs is 1. The molecule has 2 aromatic carbocycles. The van der Waals surface area contributed by atoms with E-state index in [9.17, 15) is 4.79 Å². The molecule has 0 fully saturated rings. The number of hydrogen-bond donors (Lipinski definition) is 1. The number of para-hydroxylation sites is 2. The van der Waals surface area contributed by atoms with Crippen molar-refractivity contribution in [2.24, 2.45) is 12.1 Å². The number of rotatable bonds is 5. The first-order valence-electron chi connectivity index (χ1n) is 7.26. The lowest BCUT2D eigenvalue weighted by molar-refractivity contribution is -0.118. The molecule has 0 radical (unpaired) electrons. The van der Waals surface area contributed by atoms with Gasteiger partial charge in [0.25, 0.3) is 5.91 Å². The topological polar surface area (TPSA) is 59.3 Å². The Morgan fingerprint density at radius 1 is 1.29 bits per heavy atom. The zero-order chi connectivity index (χ0) is 16.9. The van der Waals surface area contributed by atoms with Crippen LogP contribution < -0.4 is 5.43 Å². The molecule has 0 aliphatic rings. The molecule has 1 heterocycles. The van der Waals surface area contributed by atoms with Crippen LogP contribution in [0.3, 0.4) is 0 Å². The molecule has 0 atom stereocenters. The molecule has 0 bridgehead atoms. The first-order valence-corrected chi connectivity index (χ1v) is 8.62. The van der Waals surface area contributed by atoms with Crippen LogP contribution in [0, 0.1) is 0 Å². The Bertz CT molecular complexity index is 906. The molecule has 1 amide bonds.